The van der Waals surface area contributed by atoms with E-state index in [0.717, 1.165) is 0 Å². The second-order valence-corrected chi connectivity index (χ2v) is 3.78. The first-order chi connectivity index (χ1) is 4.83. The van der Waals surface area contributed by atoms with E-state index in [2.05, 4.69) is 19.2 Å². The third-order valence-corrected chi connectivity index (χ3v) is 0.642. The highest BCUT2D eigenvalue weighted by atomic mass is 16.3. The highest BCUT2D eigenvalue weighted by Crippen LogP contribution is 1.98. The zero-order chi connectivity index (χ0) is 9.49. The van der Waals surface area contributed by atoms with Gasteiger partial charge in [0.25, 0.3) is 0 Å². The molecule has 0 aromatic rings. The number of rotatable bonds is 1. The molecule has 0 saturated heterocycles. The minimum Gasteiger partial charge on any atom is -0.379 e. The van der Waals surface area contributed by atoms with E-state index in [1.54, 1.807) is 6.92 Å². The van der Waals surface area contributed by atoms with Gasteiger partial charge in [0, 0.05) is 5.54 Å². The smallest absolute Gasteiger partial charge is 0.102 e. The molecular weight excluding hydrogens is 138 g/mol. The van der Waals surface area contributed by atoms with Gasteiger partial charge < -0.3 is 5.11 Å². The molecule has 70 valence electrons. The Balaban J connectivity index is 0. The number of nitrogens with one attached hydrogen (secondary N) is 1. The second-order valence-electron chi connectivity index (χ2n) is 3.78. The van der Waals surface area contributed by atoms with Crippen molar-refractivity contribution >= 4 is 0 Å². The molecule has 0 saturated carbocycles. The maximum atomic E-state index is 8.78. The fraction of sp³-hybridized carbons (Fsp3) is 1.00. The average molecular weight is 161 g/mol. The molecule has 11 heavy (non-hydrogen) atoms. The summed E-state index contributed by atoms with van der Waals surface area (Å²) in [5, 5.41) is 11.7. The molecule has 0 fully saturated rings. The third-order valence-electron chi connectivity index (χ3n) is 0.642. The minimum absolute atomic E-state index is 0.0220. The van der Waals surface area contributed by atoms with E-state index in [1.807, 2.05) is 20.8 Å². The molecular formula is C9H23NO. The van der Waals surface area contributed by atoms with Gasteiger partial charge in [-0.15, -0.1) is 0 Å². The van der Waals surface area contributed by atoms with Crippen molar-refractivity contribution in [1.82, 2.24) is 5.32 Å². The van der Waals surface area contributed by atoms with Crippen molar-refractivity contribution in [1.29, 1.82) is 0 Å². The summed E-state index contributed by atoms with van der Waals surface area (Å²) in [6.45, 7) is 12.0. The Bertz CT molecular complexity index is 74.1. The van der Waals surface area contributed by atoms with Crippen molar-refractivity contribution < 1.29 is 5.11 Å². The van der Waals surface area contributed by atoms with E-state index >= 15 is 0 Å². The van der Waals surface area contributed by atoms with Crippen LogP contribution in [-0.2, 0) is 0 Å². The molecule has 0 rings (SSSR count). The molecule has 2 heteroatoms. The van der Waals surface area contributed by atoms with E-state index in [4.69, 9.17) is 5.11 Å². The molecule has 0 bridgehead atoms. The minimum atomic E-state index is -0.407. The molecule has 0 aliphatic heterocycles. The van der Waals surface area contributed by atoms with Crippen LogP contribution in [0.15, 0.2) is 0 Å². The number of hydrogen-bond acceptors (Lipinski definition) is 2. The lowest BCUT2D eigenvalue weighted by Crippen LogP contribution is -2.41. The van der Waals surface area contributed by atoms with E-state index in [1.165, 1.54) is 6.42 Å². The van der Waals surface area contributed by atoms with Gasteiger partial charge >= 0.3 is 0 Å². The normalized spacial score (nSPS) is 13.4. The first-order valence-electron chi connectivity index (χ1n) is 4.29. The number of aliphatic hydroxyl groups is 1. The van der Waals surface area contributed by atoms with Crippen molar-refractivity contribution in [3.8, 4) is 0 Å². The summed E-state index contributed by atoms with van der Waals surface area (Å²) in [5.74, 6) is 0. The van der Waals surface area contributed by atoms with Gasteiger partial charge in [-0.05, 0) is 27.7 Å². The molecule has 1 unspecified atom stereocenters. The Morgan fingerprint density at radius 2 is 1.55 bits per heavy atom. The molecule has 0 aliphatic carbocycles. The monoisotopic (exact) mass is 161 g/mol. The fourth-order valence-electron chi connectivity index (χ4n) is 0.627. The zero-order valence-corrected chi connectivity index (χ0v) is 8.73. The van der Waals surface area contributed by atoms with Gasteiger partial charge in [-0.25, -0.2) is 0 Å². The van der Waals surface area contributed by atoms with Crippen molar-refractivity contribution in [2.24, 2.45) is 0 Å². The van der Waals surface area contributed by atoms with Gasteiger partial charge in [0.1, 0.15) is 6.23 Å². The summed E-state index contributed by atoms with van der Waals surface area (Å²) in [4.78, 5) is 0. The molecule has 0 amide bonds. The van der Waals surface area contributed by atoms with Gasteiger partial charge in [0.15, 0.2) is 0 Å². The van der Waals surface area contributed by atoms with Crippen LogP contribution in [0.1, 0.15) is 48.0 Å². The molecule has 0 spiro atoms. The Kier molecular flexibility index (Phi) is 8.13. The Morgan fingerprint density at radius 1 is 1.27 bits per heavy atom. The van der Waals surface area contributed by atoms with Gasteiger partial charge in [-0.3, -0.25) is 5.32 Å². The largest absolute Gasteiger partial charge is 0.379 e. The maximum Gasteiger partial charge on any atom is 0.102 e. The summed E-state index contributed by atoms with van der Waals surface area (Å²) < 4.78 is 0. The van der Waals surface area contributed by atoms with Crippen LogP contribution in [0.25, 0.3) is 0 Å². The first kappa shape index (κ1) is 13.5. The lowest BCUT2D eigenvalue weighted by molar-refractivity contribution is 0.123. The molecule has 2 nitrogen and oxygen atoms in total. The van der Waals surface area contributed by atoms with Crippen molar-refractivity contribution in [2.45, 2.75) is 59.7 Å². The predicted octanol–water partition coefficient (Wildman–Crippen LogP) is 2.13. The van der Waals surface area contributed by atoms with Crippen LogP contribution in [0.5, 0.6) is 0 Å². The predicted molar refractivity (Wildman–Crippen MR) is 50.5 cm³/mol. The van der Waals surface area contributed by atoms with Crippen LogP contribution >= 0.6 is 0 Å². The standard InChI is InChI=1S/C6H15NO.C3H8/c1-5(8)7-6(2,3)4;1-3-2/h5,7-8H,1-4H3;3H2,1-2H3. The highest BCUT2D eigenvalue weighted by Gasteiger charge is 2.09. The van der Waals surface area contributed by atoms with E-state index < -0.39 is 6.23 Å². The van der Waals surface area contributed by atoms with E-state index in [9.17, 15) is 0 Å². The van der Waals surface area contributed by atoms with Crippen molar-refractivity contribution in [3.05, 3.63) is 0 Å². The summed E-state index contributed by atoms with van der Waals surface area (Å²) >= 11 is 0. The third kappa shape index (κ3) is 25.7. The molecule has 2 N–H and O–H groups in total. The number of hydrogen-bond donors (Lipinski definition) is 2. The second kappa shape index (κ2) is 6.62. The SMILES string of the molecule is CC(O)NC(C)(C)C.CCC. The molecule has 0 aromatic carbocycles. The first-order valence-corrected chi connectivity index (χ1v) is 4.29. The van der Waals surface area contributed by atoms with Gasteiger partial charge in [-0.2, -0.15) is 0 Å². The average Bonchev–Trinajstić information content (AvgIpc) is 1.57. The number of aliphatic hydroxyl groups excluding tert-OH is 1. The Hall–Kier alpha value is -0.0800. The molecule has 0 aromatic heterocycles. The van der Waals surface area contributed by atoms with Gasteiger partial charge in [0.05, 0.1) is 0 Å². The Labute approximate surface area is 71.0 Å². The summed E-state index contributed by atoms with van der Waals surface area (Å²) in [5.41, 5.74) is 0.0220. The van der Waals surface area contributed by atoms with Crippen LogP contribution in [0, 0.1) is 0 Å². The maximum absolute atomic E-state index is 8.78. The topological polar surface area (TPSA) is 32.3 Å². The highest BCUT2D eigenvalue weighted by molar-refractivity contribution is 4.69. The van der Waals surface area contributed by atoms with Crippen LogP contribution in [0.2, 0.25) is 0 Å². The lowest BCUT2D eigenvalue weighted by atomic mass is 10.1. The molecule has 1 atom stereocenters. The lowest BCUT2D eigenvalue weighted by Gasteiger charge is -2.22. The van der Waals surface area contributed by atoms with Crippen molar-refractivity contribution in [3.63, 3.8) is 0 Å². The molecule has 0 radical (unpaired) electrons. The van der Waals surface area contributed by atoms with E-state index in [0.29, 0.717) is 0 Å². The molecule has 0 heterocycles. The van der Waals surface area contributed by atoms with Crippen LogP contribution in [0.3, 0.4) is 0 Å². The molecule has 0 aliphatic rings. The summed E-state index contributed by atoms with van der Waals surface area (Å²) in [7, 11) is 0. The zero-order valence-electron chi connectivity index (χ0n) is 8.73. The van der Waals surface area contributed by atoms with Crippen LogP contribution < -0.4 is 5.32 Å². The van der Waals surface area contributed by atoms with Crippen molar-refractivity contribution in [2.75, 3.05) is 0 Å². The fourth-order valence-corrected chi connectivity index (χ4v) is 0.627. The van der Waals surface area contributed by atoms with Crippen LogP contribution in [-0.4, -0.2) is 16.9 Å². The summed E-state index contributed by atoms with van der Waals surface area (Å²) in [6, 6.07) is 0. The quantitative estimate of drug-likeness (QED) is 0.577. The van der Waals surface area contributed by atoms with Gasteiger partial charge in [-0.1, -0.05) is 20.3 Å². The van der Waals surface area contributed by atoms with Crippen LogP contribution in [0.4, 0.5) is 0 Å². The Morgan fingerprint density at radius 3 is 1.55 bits per heavy atom. The summed E-state index contributed by atoms with van der Waals surface area (Å²) in [6.07, 6.45) is 0.843. The van der Waals surface area contributed by atoms with E-state index in [-0.39, 0.29) is 5.54 Å². The van der Waals surface area contributed by atoms with Gasteiger partial charge in [0.2, 0.25) is 0 Å².